The molecule has 0 saturated carbocycles. The summed E-state index contributed by atoms with van der Waals surface area (Å²) in [7, 11) is 0. The molecule has 1 aromatic rings. The van der Waals surface area contributed by atoms with E-state index >= 15 is 0 Å². The van der Waals surface area contributed by atoms with Crippen LogP contribution in [0.15, 0.2) is 12.1 Å². The van der Waals surface area contributed by atoms with Gasteiger partial charge in [-0.1, -0.05) is 34.8 Å². The average molecular weight is 293 g/mol. The van der Waals surface area contributed by atoms with Crippen LogP contribution in [0, 0.1) is 0 Å². The molecule has 0 heterocycles. The van der Waals surface area contributed by atoms with Crippen molar-refractivity contribution in [3.8, 4) is 5.75 Å². The van der Waals surface area contributed by atoms with Gasteiger partial charge in [-0.25, -0.2) is 5.90 Å². The summed E-state index contributed by atoms with van der Waals surface area (Å²) >= 11 is 17.3. The lowest BCUT2D eigenvalue weighted by atomic mass is 10.3. The maximum Gasteiger partial charge on any atom is 0.139 e. The Morgan fingerprint density at radius 1 is 1.00 bits per heavy atom. The molecular weight excluding hydrogens is 284 g/mol. The molecule has 2 N–H and O–H groups in total. The third kappa shape index (κ3) is 4.64. The second-order valence-corrected chi connectivity index (χ2v) is 3.64. The van der Waals surface area contributed by atoms with Crippen molar-refractivity contribution < 1.29 is 9.57 Å². The topological polar surface area (TPSA) is 44.5 Å². The van der Waals surface area contributed by atoms with E-state index in [1.165, 1.54) is 6.07 Å². The summed E-state index contributed by atoms with van der Waals surface area (Å²) in [4.78, 5) is 4.33. The van der Waals surface area contributed by atoms with E-state index in [1.807, 2.05) is 0 Å². The minimum Gasteiger partial charge on any atom is -0.489 e. The summed E-state index contributed by atoms with van der Waals surface area (Å²) in [6.07, 6.45) is 0. The van der Waals surface area contributed by atoms with Gasteiger partial charge in [0.05, 0.1) is 15.1 Å². The zero-order valence-electron chi connectivity index (χ0n) is 7.50. The molecule has 0 unspecified atom stereocenters. The van der Waals surface area contributed by atoms with E-state index in [-0.39, 0.29) is 19.0 Å². The predicted molar refractivity (Wildman–Crippen MR) is 64.4 cm³/mol. The third-order valence-corrected chi connectivity index (χ3v) is 2.45. The first-order valence-corrected chi connectivity index (χ1v) is 4.87. The highest BCUT2D eigenvalue weighted by atomic mass is 35.5. The SMILES string of the molecule is Cl.NOCCOc1cc(Cl)c(Cl)cc1Cl. The zero-order valence-corrected chi connectivity index (χ0v) is 10.6. The van der Waals surface area contributed by atoms with Crippen LogP contribution in [0.25, 0.3) is 0 Å². The number of ether oxygens (including phenoxy) is 1. The molecule has 0 bridgehead atoms. The molecular formula is C8H9Cl4NO2. The molecule has 0 fully saturated rings. The highest BCUT2D eigenvalue weighted by Gasteiger charge is 2.06. The fraction of sp³-hybridized carbons (Fsp3) is 0.250. The number of hydrogen-bond donors (Lipinski definition) is 1. The zero-order chi connectivity index (χ0) is 10.6. The van der Waals surface area contributed by atoms with E-state index < -0.39 is 0 Å². The molecule has 0 aromatic heterocycles. The van der Waals surface area contributed by atoms with Crippen LogP contribution in [-0.2, 0) is 4.84 Å². The van der Waals surface area contributed by atoms with Crippen LogP contribution in [0.2, 0.25) is 15.1 Å². The van der Waals surface area contributed by atoms with Gasteiger partial charge in [-0.15, -0.1) is 12.4 Å². The summed E-state index contributed by atoms with van der Waals surface area (Å²) in [5.74, 6) is 5.28. The van der Waals surface area contributed by atoms with E-state index in [0.29, 0.717) is 27.4 Å². The molecule has 0 amide bonds. The summed E-state index contributed by atoms with van der Waals surface area (Å²) in [6, 6.07) is 3.06. The van der Waals surface area contributed by atoms with Crippen LogP contribution in [-0.4, -0.2) is 13.2 Å². The van der Waals surface area contributed by atoms with E-state index in [9.17, 15) is 0 Å². The maximum absolute atomic E-state index is 5.84. The summed E-state index contributed by atoms with van der Waals surface area (Å²) in [6.45, 7) is 0.574. The monoisotopic (exact) mass is 291 g/mol. The summed E-state index contributed by atoms with van der Waals surface area (Å²) in [5.41, 5.74) is 0. The molecule has 0 aliphatic heterocycles. The fourth-order valence-electron chi connectivity index (χ4n) is 0.815. The molecule has 0 radical (unpaired) electrons. The Kier molecular flexibility index (Phi) is 7.44. The van der Waals surface area contributed by atoms with Gasteiger partial charge in [0.25, 0.3) is 0 Å². The van der Waals surface area contributed by atoms with Gasteiger partial charge in [-0.3, -0.25) is 0 Å². The van der Waals surface area contributed by atoms with Gasteiger partial charge in [-0.05, 0) is 6.07 Å². The Balaban J connectivity index is 0.00000196. The summed E-state index contributed by atoms with van der Waals surface area (Å²) in [5, 5.41) is 1.18. The van der Waals surface area contributed by atoms with E-state index in [4.69, 9.17) is 45.4 Å². The number of benzene rings is 1. The van der Waals surface area contributed by atoms with Crippen molar-refractivity contribution in [3.05, 3.63) is 27.2 Å². The number of rotatable bonds is 4. The van der Waals surface area contributed by atoms with Crippen molar-refractivity contribution in [1.82, 2.24) is 0 Å². The van der Waals surface area contributed by atoms with Crippen molar-refractivity contribution in [2.75, 3.05) is 13.2 Å². The van der Waals surface area contributed by atoms with Crippen LogP contribution in [0.4, 0.5) is 0 Å². The van der Waals surface area contributed by atoms with Crippen LogP contribution in [0.3, 0.4) is 0 Å². The first-order chi connectivity index (χ1) is 6.65. The maximum atomic E-state index is 5.84. The highest BCUT2D eigenvalue weighted by molar-refractivity contribution is 6.43. The Morgan fingerprint density at radius 2 is 1.60 bits per heavy atom. The first kappa shape index (κ1) is 15.1. The lowest BCUT2D eigenvalue weighted by Gasteiger charge is -2.08. The van der Waals surface area contributed by atoms with Crippen LogP contribution in [0.5, 0.6) is 5.75 Å². The normalized spacial score (nSPS) is 9.60. The number of halogens is 4. The molecule has 0 aliphatic rings. The van der Waals surface area contributed by atoms with Crippen LogP contribution < -0.4 is 10.6 Å². The smallest absolute Gasteiger partial charge is 0.139 e. The molecule has 3 nitrogen and oxygen atoms in total. The minimum atomic E-state index is 0. The second-order valence-electron chi connectivity index (χ2n) is 2.42. The molecule has 86 valence electrons. The van der Waals surface area contributed by atoms with Gasteiger partial charge in [-0.2, -0.15) is 0 Å². The van der Waals surface area contributed by atoms with Gasteiger partial charge in [0.2, 0.25) is 0 Å². The van der Waals surface area contributed by atoms with Crippen molar-refractivity contribution >= 4 is 47.2 Å². The highest BCUT2D eigenvalue weighted by Crippen LogP contribution is 2.33. The van der Waals surface area contributed by atoms with E-state index in [0.717, 1.165) is 0 Å². The molecule has 1 rings (SSSR count). The van der Waals surface area contributed by atoms with Gasteiger partial charge in [0.1, 0.15) is 19.0 Å². The van der Waals surface area contributed by atoms with Crippen molar-refractivity contribution in [2.45, 2.75) is 0 Å². The number of nitrogens with two attached hydrogens (primary N) is 1. The van der Waals surface area contributed by atoms with Gasteiger partial charge >= 0.3 is 0 Å². The molecule has 0 saturated heterocycles. The molecule has 15 heavy (non-hydrogen) atoms. The number of hydrogen-bond acceptors (Lipinski definition) is 3. The Morgan fingerprint density at radius 3 is 2.20 bits per heavy atom. The second kappa shape index (κ2) is 7.39. The van der Waals surface area contributed by atoms with E-state index in [1.54, 1.807) is 6.07 Å². The van der Waals surface area contributed by atoms with Crippen molar-refractivity contribution in [1.29, 1.82) is 0 Å². The molecule has 0 atom stereocenters. The van der Waals surface area contributed by atoms with Crippen molar-refractivity contribution in [2.24, 2.45) is 5.90 Å². The van der Waals surface area contributed by atoms with Crippen molar-refractivity contribution in [3.63, 3.8) is 0 Å². The van der Waals surface area contributed by atoms with Crippen LogP contribution in [0.1, 0.15) is 0 Å². The quantitative estimate of drug-likeness (QED) is 0.526. The third-order valence-electron chi connectivity index (χ3n) is 1.43. The standard InChI is InChI=1S/C8H8Cl3NO2.ClH/c9-5-3-7(11)8(4-6(5)10)13-1-2-14-12;/h3-4H,1-2,12H2;1H. The Labute approximate surface area is 109 Å². The predicted octanol–water partition coefficient (Wildman–Crippen LogP) is 3.34. The van der Waals surface area contributed by atoms with Gasteiger partial charge in [0, 0.05) is 6.07 Å². The van der Waals surface area contributed by atoms with E-state index in [2.05, 4.69) is 4.84 Å². The lowest BCUT2D eigenvalue weighted by molar-refractivity contribution is 0.102. The van der Waals surface area contributed by atoms with Crippen LogP contribution >= 0.6 is 47.2 Å². The van der Waals surface area contributed by atoms with Gasteiger partial charge in [0.15, 0.2) is 0 Å². The molecule has 1 aromatic carbocycles. The largest absolute Gasteiger partial charge is 0.489 e. The Hall–Kier alpha value is 0.1000. The molecule has 0 spiro atoms. The van der Waals surface area contributed by atoms with Gasteiger partial charge < -0.3 is 9.57 Å². The fourth-order valence-corrected chi connectivity index (χ4v) is 1.41. The summed E-state index contributed by atoms with van der Waals surface area (Å²) < 4.78 is 5.23. The molecule has 7 heteroatoms. The molecule has 0 aliphatic carbocycles. The Bertz CT molecular complexity index is 322. The minimum absolute atomic E-state index is 0. The lowest BCUT2D eigenvalue weighted by Crippen LogP contribution is -2.10. The average Bonchev–Trinajstić information content (AvgIpc) is 2.14. The first-order valence-electron chi connectivity index (χ1n) is 3.74.